The molecular weight excluding hydrogens is 171 g/mol. The number of hydrogen-bond acceptors (Lipinski definition) is 2. The van der Waals surface area contributed by atoms with Gasteiger partial charge in [-0.3, -0.25) is 0 Å². The van der Waals surface area contributed by atoms with Gasteiger partial charge in [0.1, 0.15) is 5.75 Å². The summed E-state index contributed by atoms with van der Waals surface area (Å²) in [5, 5.41) is 9.46. The quantitative estimate of drug-likeness (QED) is 0.667. The second-order valence-corrected chi connectivity index (χ2v) is 3.35. The summed E-state index contributed by atoms with van der Waals surface area (Å²) in [6, 6.07) is 2.80. The largest absolute Gasteiger partial charge is 0.505 e. The average molecular weight is 182 g/mol. The van der Waals surface area contributed by atoms with Gasteiger partial charge >= 0.3 is 0 Å². The standard InChI is InChI=1S/C10H11FO2/c1-6-4-5-13-8-3-2-7(11)10(12)9(6)8/h2-3,6,12H,4-5H2,1H3. The summed E-state index contributed by atoms with van der Waals surface area (Å²) >= 11 is 0. The van der Waals surface area contributed by atoms with Crippen molar-refractivity contribution in [3.05, 3.63) is 23.5 Å². The summed E-state index contributed by atoms with van der Waals surface area (Å²) in [5.41, 5.74) is 0.603. The smallest absolute Gasteiger partial charge is 0.165 e. The van der Waals surface area contributed by atoms with E-state index in [9.17, 15) is 9.50 Å². The van der Waals surface area contributed by atoms with Crippen molar-refractivity contribution in [2.75, 3.05) is 6.61 Å². The maximum absolute atomic E-state index is 13.0. The molecule has 3 heteroatoms. The van der Waals surface area contributed by atoms with E-state index in [4.69, 9.17) is 4.74 Å². The third-order valence-corrected chi connectivity index (χ3v) is 2.43. The van der Waals surface area contributed by atoms with Crippen LogP contribution in [0.2, 0.25) is 0 Å². The summed E-state index contributed by atoms with van der Waals surface area (Å²) < 4.78 is 18.3. The zero-order valence-corrected chi connectivity index (χ0v) is 7.38. The topological polar surface area (TPSA) is 29.5 Å². The Morgan fingerprint density at radius 2 is 2.31 bits per heavy atom. The van der Waals surface area contributed by atoms with Gasteiger partial charge in [-0.2, -0.15) is 0 Å². The first-order chi connectivity index (χ1) is 6.20. The number of aromatic hydroxyl groups is 1. The molecule has 1 aliphatic rings. The number of phenols is 1. The van der Waals surface area contributed by atoms with E-state index >= 15 is 0 Å². The van der Waals surface area contributed by atoms with Crippen molar-refractivity contribution >= 4 is 0 Å². The van der Waals surface area contributed by atoms with Crippen molar-refractivity contribution in [3.8, 4) is 11.5 Å². The van der Waals surface area contributed by atoms with Crippen LogP contribution in [0.25, 0.3) is 0 Å². The Bertz CT molecular complexity index is 336. The number of ether oxygens (including phenoxy) is 1. The molecule has 1 N–H and O–H groups in total. The van der Waals surface area contributed by atoms with Crippen LogP contribution in [0.4, 0.5) is 4.39 Å². The fourth-order valence-corrected chi connectivity index (χ4v) is 1.66. The van der Waals surface area contributed by atoms with Crippen LogP contribution in [0.3, 0.4) is 0 Å². The molecule has 0 amide bonds. The van der Waals surface area contributed by atoms with E-state index in [1.54, 1.807) is 6.07 Å². The van der Waals surface area contributed by atoms with Crippen molar-refractivity contribution in [3.63, 3.8) is 0 Å². The predicted octanol–water partition coefficient (Wildman–Crippen LogP) is 2.42. The van der Waals surface area contributed by atoms with Crippen LogP contribution in [0, 0.1) is 5.82 Å². The molecule has 0 radical (unpaired) electrons. The van der Waals surface area contributed by atoms with Crippen molar-refractivity contribution in [2.24, 2.45) is 0 Å². The number of hydrogen-bond donors (Lipinski definition) is 1. The normalized spacial score (nSPS) is 20.6. The molecule has 1 unspecified atom stereocenters. The first kappa shape index (κ1) is 8.35. The Balaban J connectivity index is 2.58. The zero-order chi connectivity index (χ0) is 9.42. The molecule has 2 rings (SSSR count). The molecule has 1 aromatic carbocycles. The Morgan fingerprint density at radius 3 is 3.08 bits per heavy atom. The lowest BCUT2D eigenvalue weighted by Crippen LogP contribution is -2.12. The van der Waals surface area contributed by atoms with Crippen molar-refractivity contribution in [2.45, 2.75) is 19.3 Å². The Labute approximate surface area is 76.0 Å². The van der Waals surface area contributed by atoms with Crippen LogP contribution in [-0.2, 0) is 0 Å². The summed E-state index contributed by atoms with van der Waals surface area (Å²) in [4.78, 5) is 0. The number of benzene rings is 1. The fourth-order valence-electron chi connectivity index (χ4n) is 1.66. The lowest BCUT2D eigenvalue weighted by Gasteiger charge is -2.23. The van der Waals surface area contributed by atoms with Gasteiger partial charge in [-0.15, -0.1) is 0 Å². The van der Waals surface area contributed by atoms with Gasteiger partial charge in [0, 0.05) is 5.56 Å². The van der Waals surface area contributed by atoms with Gasteiger partial charge in [-0.05, 0) is 24.5 Å². The van der Waals surface area contributed by atoms with Crippen molar-refractivity contribution in [1.29, 1.82) is 0 Å². The van der Waals surface area contributed by atoms with E-state index in [1.165, 1.54) is 6.07 Å². The summed E-state index contributed by atoms with van der Waals surface area (Å²) in [7, 11) is 0. The minimum atomic E-state index is -0.573. The van der Waals surface area contributed by atoms with Gasteiger partial charge in [0.05, 0.1) is 6.61 Å². The maximum Gasteiger partial charge on any atom is 0.165 e. The van der Waals surface area contributed by atoms with Gasteiger partial charge in [-0.1, -0.05) is 6.92 Å². The molecule has 1 atom stereocenters. The first-order valence-electron chi connectivity index (χ1n) is 4.34. The van der Waals surface area contributed by atoms with Gasteiger partial charge in [0.15, 0.2) is 11.6 Å². The number of phenolic OH excluding ortho intramolecular Hbond substituents is 1. The molecule has 0 spiro atoms. The lowest BCUT2D eigenvalue weighted by atomic mass is 9.94. The van der Waals surface area contributed by atoms with E-state index in [0.29, 0.717) is 17.9 Å². The molecule has 1 aliphatic heterocycles. The molecule has 70 valence electrons. The van der Waals surface area contributed by atoms with Gasteiger partial charge in [0.25, 0.3) is 0 Å². The molecule has 0 bridgehead atoms. The fraction of sp³-hybridized carbons (Fsp3) is 0.400. The molecule has 13 heavy (non-hydrogen) atoms. The van der Waals surface area contributed by atoms with Crippen LogP contribution in [0.15, 0.2) is 12.1 Å². The average Bonchev–Trinajstić information content (AvgIpc) is 2.12. The summed E-state index contributed by atoms with van der Waals surface area (Å²) in [6.45, 7) is 2.60. The van der Waals surface area contributed by atoms with Crippen molar-refractivity contribution < 1.29 is 14.2 Å². The van der Waals surface area contributed by atoms with Crippen LogP contribution in [0.1, 0.15) is 24.8 Å². The van der Waals surface area contributed by atoms with Crippen LogP contribution in [0.5, 0.6) is 11.5 Å². The zero-order valence-electron chi connectivity index (χ0n) is 7.38. The predicted molar refractivity (Wildman–Crippen MR) is 46.6 cm³/mol. The molecular formula is C10H11FO2. The monoisotopic (exact) mass is 182 g/mol. The maximum atomic E-state index is 13.0. The third-order valence-electron chi connectivity index (χ3n) is 2.43. The van der Waals surface area contributed by atoms with Gasteiger partial charge in [-0.25, -0.2) is 4.39 Å². The van der Waals surface area contributed by atoms with Crippen molar-refractivity contribution in [1.82, 2.24) is 0 Å². The minimum absolute atomic E-state index is 0.166. The number of fused-ring (bicyclic) bond motifs is 1. The highest BCUT2D eigenvalue weighted by atomic mass is 19.1. The highest BCUT2D eigenvalue weighted by Gasteiger charge is 2.23. The molecule has 1 aromatic rings. The highest BCUT2D eigenvalue weighted by molar-refractivity contribution is 5.47. The van der Waals surface area contributed by atoms with E-state index in [2.05, 4.69) is 0 Å². The molecule has 1 heterocycles. The Morgan fingerprint density at radius 1 is 1.54 bits per heavy atom. The highest BCUT2D eigenvalue weighted by Crippen LogP contribution is 2.40. The lowest BCUT2D eigenvalue weighted by molar-refractivity contribution is 0.264. The molecule has 0 fully saturated rings. The second-order valence-electron chi connectivity index (χ2n) is 3.35. The molecule has 2 nitrogen and oxygen atoms in total. The summed E-state index contributed by atoms with van der Waals surface area (Å²) in [5.74, 6) is -0.0575. The molecule has 0 aliphatic carbocycles. The van der Waals surface area contributed by atoms with Gasteiger partial charge in [0.2, 0.25) is 0 Å². The SMILES string of the molecule is CC1CCOc2ccc(F)c(O)c21. The van der Waals surface area contributed by atoms with E-state index in [-0.39, 0.29) is 11.7 Å². The first-order valence-corrected chi connectivity index (χ1v) is 4.34. The van der Waals surface area contributed by atoms with Crippen LogP contribution in [-0.4, -0.2) is 11.7 Å². The molecule has 0 saturated heterocycles. The van der Waals surface area contributed by atoms with Crippen LogP contribution >= 0.6 is 0 Å². The summed E-state index contributed by atoms with van der Waals surface area (Å²) in [6.07, 6.45) is 0.823. The minimum Gasteiger partial charge on any atom is -0.505 e. The van der Waals surface area contributed by atoms with E-state index < -0.39 is 5.82 Å². The van der Waals surface area contributed by atoms with E-state index in [0.717, 1.165) is 6.42 Å². The third kappa shape index (κ3) is 1.24. The number of rotatable bonds is 0. The molecule has 0 aromatic heterocycles. The Hall–Kier alpha value is -1.25. The van der Waals surface area contributed by atoms with Crippen LogP contribution < -0.4 is 4.74 Å². The molecule has 0 saturated carbocycles. The Kier molecular flexibility index (Phi) is 1.87. The van der Waals surface area contributed by atoms with Gasteiger partial charge < -0.3 is 9.84 Å². The van der Waals surface area contributed by atoms with E-state index in [1.807, 2.05) is 6.92 Å². The second kappa shape index (κ2) is 2.91. The number of halogens is 1.